The Kier molecular flexibility index (Phi) is 3.76. The predicted molar refractivity (Wildman–Crippen MR) is 86.8 cm³/mol. The maximum Gasteiger partial charge on any atom is 0.214 e. The molecule has 0 aliphatic heterocycles. The first-order valence-corrected chi connectivity index (χ1v) is 10.3. The largest absolute Gasteiger partial charge is 0.255 e. The van der Waals surface area contributed by atoms with Crippen LogP contribution < -0.4 is 0 Å². The van der Waals surface area contributed by atoms with Crippen LogP contribution in [0.1, 0.15) is 37.8 Å². The molecule has 7 heteroatoms. The number of aromatic nitrogens is 3. The second-order valence-corrected chi connectivity index (χ2v) is 10.1. The smallest absolute Gasteiger partial charge is 0.214 e. The van der Waals surface area contributed by atoms with Gasteiger partial charge in [-0.1, -0.05) is 5.21 Å². The van der Waals surface area contributed by atoms with Gasteiger partial charge < -0.3 is 0 Å². The number of hydrogen-bond acceptors (Lipinski definition) is 4. The van der Waals surface area contributed by atoms with Gasteiger partial charge in [-0.05, 0) is 61.7 Å². The van der Waals surface area contributed by atoms with Crippen LogP contribution in [-0.2, 0) is 23.6 Å². The van der Waals surface area contributed by atoms with Gasteiger partial charge in [0.2, 0.25) is 10.0 Å². The van der Waals surface area contributed by atoms with Crippen molar-refractivity contribution in [2.45, 2.75) is 38.6 Å². The molecule has 6 nitrogen and oxygen atoms in total. The highest BCUT2D eigenvalue weighted by molar-refractivity contribution is 7.89. The van der Waals surface area contributed by atoms with Gasteiger partial charge in [-0.25, -0.2) is 8.42 Å². The molecule has 1 aromatic rings. The zero-order valence-electron chi connectivity index (χ0n) is 13.9. The van der Waals surface area contributed by atoms with Crippen LogP contribution in [0.15, 0.2) is 6.20 Å². The number of aryl methyl sites for hydroxylation is 1. The Labute approximate surface area is 138 Å². The standard InChI is InChI=1S/C16H26N4O2S/c1-19-8-15(17-18-19)9-20(2)23(21,22)10-16-13-4-11-3-12(6-13)7-14(16)5-11/h8,11-14,16H,3-7,9-10H2,1-2H3. The summed E-state index contributed by atoms with van der Waals surface area (Å²) in [5, 5.41) is 7.87. The minimum Gasteiger partial charge on any atom is -0.255 e. The Morgan fingerprint density at radius 3 is 2.30 bits per heavy atom. The molecule has 128 valence electrons. The monoisotopic (exact) mass is 338 g/mol. The van der Waals surface area contributed by atoms with E-state index < -0.39 is 10.0 Å². The first-order valence-electron chi connectivity index (χ1n) is 8.70. The van der Waals surface area contributed by atoms with Crippen molar-refractivity contribution in [3.05, 3.63) is 11.9 Å². The molecule has 0 atom stereocenters. The quantitative estimate of drug-likeness (QED) is 0.819. The molecule has 0 unspecified atom stereocenters. The topological polar surface area (TPSA) is 68.1 Å². The molecular weight excluding hydrogens is 312 g/mol. The molecular formula is C16H26N4O2S. The van der Waals surface area contributed by atoms with Crippen LogP contribution in [0.4, 0.5) is 0 Å². The zero-order chi connectivity index (χ0) is 16.2. The van der Waals surface area contributed by atoms with Crippen molar-refractivity contribution < 1.29 is 8.42 Å². The minimum absolute atomic E-state index is 0.309. The van der Waals surface area contributed by atoms with E-state index in [0.29, 0.717) is 35.7 Å². The molecule has 0 N–H and O–H groups in total. The summed E-state index contributed by atoms with van der Waals surface area (Å²) in [5.41, 5.74) is 0.698. The summed E-state index contributed by atoms with van der Waals surface area (Å²) in [6.07, 6.45) is 8.23. The summed E-state index contributed by atoms with van der Waals surface area (Å²) in [6.45, 7) is 0.309. The Balaban J connectivity index is 1.44. The molecule has 5 rings (SSSR count). The highest BCUT2D eigenvalue weighted by Crippen LogP contribution is 2.56. The third-order valence-corrected chi connectivity index (χ3v) is 8.22. The van der Waals surface area contributed by atoms with Gasteiger partial charge in [0.25, 0.3) is 0 Å². The van der Waals surface area contributed by atoms with Crippen LogP contribution in [0.25, 0.3) is 0 Å². The average Bonchev–Trinajstić information content (AvgIpc) is 2.87. The Hall–Kier alpha value is -0.950. The SMILES string of the molecule is CN(Cc1cn(C)nn1)S(=O)(=O)CC1C2CC3CC(C2)CC1C3. The van der Waals surface area contributed by atoms with E-state index in [1.54, 1.807) is 25.0 Å². The van der Waals surface area contributed by atoms with Crippen molar-refractivity contribution >= 4 is 10.0 Å². The lowest BCUT2D eigenvalue weighted by molar-refractivity contribution is -0.0271. The van der Waals surface area contributed by atoms with Crippen LogP contribution in [0.2, 0.25) is 0 Å². The van der Waals surface area contributed by atoms with Crippen molar-refractivity contribution in [1.82, 2.24) is 19.3 Å². The van der Waals surface area contributed by atoms with Gasteiger partial charge in [0.15, 0.2) is 0 Å². The summed E-state index contributed by atoms with van der Waals surface area (Å²) >= 11 is 0. The van der Waals surface area contributed by atoms with Gasteiger partial charge in [0, 0.05) is 20.3 Å². The van der Waals surface area contributed by atoms with Gasteiger partial charge in [-0.2, -0.15) is 4.31 Å². The van der Waals surface area contributed by atoms with Crippen LogP contribution in [0.3, 0.4) is 0 Å². The van der Waals surface area contributed by atoms with Crippen molar-refractivity contribution in [2.75, 3.05) is 12.8 Å². The van der Waals surface area contributed by atoms with Gasteiger partial charge in [-0.15, -0.1) is 5.10 Å². The summed E-state index contributed by atoms with van der Waals surface area (Å²) in [7, 11) is 0.221. The van der Waals surface area contributed by atoms with Crippen molar-refractivity contribution in [3.63, 3.8) is 0 Å². The van der Waals surface area contributed by atoms with Crippen LogP contribution in [0.5, 0.6) is 0 Å². The highest BCUT2D eigenvalue weighted by Gasteiger charge is 2.49. The van der Waals surface area contributed by atoms with Gasteiger partial charge >= 0.3 is 0 Å². The Morgan fingerprint density at radius 1 is 1.17 bits per heavy atom. The molecule has 0 saturated heterocycles. The lowest BCUT2D eigenvalue weighted by Crippen LogP contribution is -2.48. The van der Waals surface area contributed by atoms with E-state index in [0.717, 1.165) is 11.8 Å². The lowest BCUT2D eigenvalue weighted by atomic mass is 9.52. The van der Waals surface area contributed by atoms with Gasteiger partial charge in [0.05, 0.1) is 18.0 Å². The number of rotatable bonds is 5. The Morgan fingerprint density at radius 2 is 1.78 bits per heavy atom. The third kappa shape index (κ3) is 2.93. The normalized spacial score (nSPS) is 36.0. The van der Waals surface area contributed by atoms with E-state index in [4.69, 9.17) is 0 Å². The number of nitrogens with zero attached hydrogens (tertiary/aromatic N) is 4. The molecule has 0 amide bonds. The molecule has 1 heterocycles. The number of sulfonamides is 1. The summed E-state index contributed by atoms with van der Waals surface area (Å²) in [6, 6.07) is 0. The van der Waals surface area contributed by atoms with Gasteiger partial charge in [0.1, 0.15) is 0 Å². The zero-order valence-corrected chi connectivity index (χ0v) is 14.7. The third-order valence-electron chi connectivity index (χ3n) is 6.33. The molecule has 0 radical (unpaired) electrons. The summed E-state index contributed by atoms with van der Waals surface area (Å²) in [4.78, 5) is 0. The van der Waals surface area contributed by atoms with E-state index in [-0.39, 0.29) is 0 Å². The van der Waals surface area contributed by atoms with E-state index in [9.17, 15) is 8.42 Å². The fourth-order valence-corrected chi connectivity index (χ4v) is 7.09. The molecule has 1 aromatic heterocycles. The second kappa shape index (κ2) is 5.55. The van der Waals surface area contributed by atoms with Crippen molar-refractivity contribution in [2.24, 2.45) is 36.6 Å². The summed E-state index contributed by atoms with van der Waals surface area (Å²) < 4.78 is 28.7. The van der Waals surface area contributed by atoms with E-state index >= 15 is 0 Å². The molecule has 0 aromatic carbocycles. The van der Waals surface area contributed by atoms with Crippen LogP contribution in [-0.4, -0.2) is 40.5 Å². The lowest BCUT2D eigenvalue weighted by Gasteiger charge is -2.54. The van der Waals surface area contributed by atoms with Crippen LogP contribution >= 0.6 is 0 Å². The molecule has 4 bridgehead atoms. The Bertz CT molecular complexity index is 656. The molecule has 0 spiro atoms. The van der Waals surface area contributed by atoms with Crippen molar-refractivity contribution in [3.8, 4) is 0 Å². The second-order valence-electron chi connectivity index (χ2n) is 8.01. The highest BCUT2D eigenvalue weighted by atomic mass is 32.2. The summed E-state index contributed by atoms with van der Waals surface area (Å²) in [5.74, 6) is 3.75. The molecule has 23 heavy (non-hydrogen) atoms. The first-order chi connectivity index (χ1) is 10.9. The predicted octanol–water partition coefficient (Wildman–Crippen LogP) is 1.65. The van der Waals surface area contributed by atoms with Crippen molar-refractivity contribution in [1.29, 1.82) is 0 Å². The fraction of sp³-hybridized carbons (Fsp3) is 0.875. The molecule has 4 saturated carbocycles. The average molecular weight is 338 g/mol. The number of hydrogen-bond donors (Lipinski definition) is 0. The van der Waals surface area contributed by atoms with Gasteiger partial charge in [-0.3, -0.25) is 4.68 Å². The fourth-order valence-electron chi connectivity index (χ4n) is 5.47. The molecule has 4 aliphatic carbocycles. The first kappa shape index (κ1) is 15.6. The van der Waals surface area contributed by atoms with Crippen LogP contribution in [0, 0.1) is 29.6 Å². The maximum atomic E-state index is 12.8. The van der Waals surface area contributed by atoms with E-state index in [2.05, 4.69) is 10.3 Å². The molecule has 4 fully saturated rings. The maximum absolute atomic E-state index is 12.8. The van der Waals surface area contributed by atoms with E-state index in [1.165, 1.54) is 36.4 Å². The molecule has 4 aliphatic rings. The van der Waals surface area contributed by atoms with E-state index in [1.807, 2.05) is 0 Å². The minimum atomic E-state index is -3.24.